The van der Waals surface area contributed by atoms with Crippen molar-refractivity contribution in [3.8, 4) is 0 Å². The molecule has 0 radical (unpaired) electrons. The first-order valence-electron chi connectivity index (χ1n) is 11.0. The third kappa shape index (κ3) is 5.41. The van der Waals surface area contributed by atoms with E-state index in [1.54, 1.807) is 13.8 Å². The molecule has 1 aliphatic carbocycles. The molecule has 0 amide bonds. The van der Waals surface area contributed by atoms with Crippen LogP contribution in [-0.2, 0) is 14.3 Å². The molecule has 2 aliphatic rings. The van der Waals surface area contributed by atoms with E-state index < -0.39 is 53.5 Å². The average molecular weight is 438 g/mol. The Bertz CT molecular complexity index is 744. The van der Waals surface area contributed by atoms with Crippen LogP contribution in [0.1, 0.15) is 53.4 Å². The van der Waals surface area contributed by atoms with E-state index in [9.17, 15) is 29.9 Å². The van der Waals surface area contributed by atoms with E-state index in [1.807, 2.05) is 32.1 Å². The Labute approximate surface area is 183 Å². The standard InChI is InChI=1S/C23H35NO7/c1-14-11-15(2)23(22(28)16(3)18(13-25)12-24(29)30)10-6-5-7-19(23)8-9-20(27)31-21(14)17(4)26/h5,7,11,14,16-19,21,25-26H,6,8-10,12-13H2,1-4H3/b15-11+/t14?,16?,17?,18-,19?,21?,23?/m0/s1. The number of ketones is 1. The summed E-state index contributed by atoms with van der Waals surface area (Å²) < 4.78 is 5.52. The summed E-state index contributed by atoms with van der Waals surface area (Å²) in [6.07, 6.45) is 6.02. The molecule has 0 aromatic heterocycles. The largest absolute Gasteiger partial charge is 0.459 e. The van der Waals surface area contributed by atoms with Crippen molar-refractivity contribution in [2.75, 3.05) is 13.2 Å². The number of carbonyl (C=O) groups excluding carboxylic acids is 2. The highest BCUT2D eigenvalue weighted by Crippen LogP contribution is 2.50. The third-order valence-corrected chi connectivity index (χ3v) is 7.02. The first kappa shape index (κ1) is 25.2. The molecular weight excluding hydrogens is 402 g/mol. The van der Waals surface area contributed by atoms with Crippen molar-refractivity contribution in [2.45, 2.75) is 65.6 Å². The number of nitro groups is 1. The zero-order valence-corrected chi connectivity index (χ0v) is 18.8. The highest BCUT2D eigenvalue weighted by molar-refractivity contribution is 5.91. The minimum absolute atomic E-state index is 0.111. The van der Waals surface area contributed by atoms with Crippen LogP contribution < -0.4 is 0 Å². The molecule has 7 atom stereocenters. The summed E-state index contributed by atoms with van der Waals surface area (Å²) in [7, 11) is 0. The molecule has 0 aromatic carbocycles. The van der Waals surface area contributed by atoms with Crippen molar-refractivity contribution in [2.24, 2.45) is 29.1 Å². The van der Waals surface area contributed by atoms with Crippen LogP contribution >= 0.6 is 0 Å². The molecule has 0 spiro atoms. The quantitative estimate of drug-likeness (QED) is 0.271. The fourth-order valence-corrected chi connectivity index (χ4v) is 5.21. The molecule has 1 aliphatic heterocycles. The van der Waals surface area contributed by atoms with Gasteiger partial charge in [-0.05, 0) is 39.0 Å². The summed E-state index contributed by atoms with van der Waals surface area (Å²) in [5.41, 5.74) is -0.0829. The Balaban J connectivity index is 2.56. The summed E-state index contributed by atoms with van der Waals surface area (Å²) in [5.74, 6) is -2.61. The van der Waals surface area contributed by atoms with Gasteiger partial charge in [0.15, 0.2) is 0 Å². The molecule has 0 aromatic rings. The fourth-order valence-electron chi connectivity index (χ4n) is 5.21. The number of allylic oxidation sites excluding steroid dienone is 3. The van der Waals surface area contributed by atoms with E-state index in [4.69, 9.17) is 4.74 Å². The Morgan fingerprint density at radius 3 is 2.68 bits per heavy atom. The molecule has 0 saturated heterocycles. The Morgan fingerprint density at radius 1 is 1.42 bits per heavy atom. The Morgan fingerprint density at radius 2 is 2.10 bits per heavy atom. The van der Waals surface area contributed by atoms with Gasteiger partial charge < -0.3 is 14.9 Å². The van der Waals surface area contributed by atoms with Crippen molar-refractivity contribution in [1.29, 1.82) is 0 Å². The first-order chi connectivity index (χ1) is 14.5. The molecule has 1 heterocycles. The van der Waals surface area contributed by atoms with Crippen molar-refractivity contribution in [1.82, 2.24) is 0 Å². The molecular formula is C23H35NO7. The summed E-state index contributed by atoms with van der Waals surface area (Å²) in [4.78, 5) is 36.9. The van der Waals surface area contributed by atoms with Gasteiger partial charge >= 0.3 is 5.97 Å². The van der Waals surface area contributed by atoms with Crippen LogP contribution in [0.25, 0.3) is 0 Å². The number of hydrogen-bond donors (Lipinski definition) is 2. The summed E-state index contributed by atoms with van der Waals surface area (Å²) in [6, 6.07) is 0. The molecule has 174 valence electrons. The van der Waals surface area contributed by atoms with E-state index in [1.165, 1.54) is 0 Å². The number of esters is 1. The van der Waals surface area contributed by atoms with Gasteiger partial charge in [0.25, 0.3) is 0 Å². The first-order valence-corrected chi connectivity index (χ1v) is 11.0. The predicted octanol–water partition coefficient (Wildman–Crippen LogP) is 2.70. The van der Waals surface area contributed by atoms with Gasteiger partial charge in [-0.2, -0.15) is 0 Å². The number of nitrogens with zero attached hydrogens (tertiary/aromatic N) is 1. The maximum Gasteiger partial charge on any atom is 0.306 e. The van der Waals surface area contributed by atoms with E-state index in [2.05, 4.69) is 0 Å². The van der Waals surface area contributed by atoms with Crippen LogP contribution in [0.3, 0.4) is 0 Å². The number of ether oxygens (including phenoxy) is 1. The van der Waals surface area contributed by atoms with Gasteiger partial charge in [-0.15, -0.1) is 0 Å². The lowest BCUT2D eigenvalue weighted by Crippen LogP contribution is -2.47. The van der Waals surface area contributed by atoms with Crippen molar-refractivity contribution >= 4 is 11.8 Å². The van der Waals surface area contributed by atoms with Gasteiger partial charge in [0.1, 0.15) is 11.9 Å². The van der Waals surface area contributed by atoms with Crippen LogP contribution in [0.15, 0.2) is 23.8 Å². The molecule has 0 bridgehead atoms. The predicted molar refractivity (Wildman–Crippen MR) is 115 cm³/mol. The van der Waals surface area contributed by atoms with Crippen molar-refractivity contribution in [3.63, 3.8) is 0 Å². The van der Waals surface area contributed by atoms with Crippen LogP contribution in [0.5, 0.6) is 0 Å². The van der Waals surface area contributed by atoms with Gasteiger partial charge in [-0.25, -0.2) is 0 Å². The zero-order chi connectivity index (χ0) is 23.3. The van der Waals surface area contributed by atoms with Gasteiger partial charge in [0.2, 0.25) is 6.54 Å². The highest BCUT2D eigenvalue weighted by atomic mass is 16.6. The maximum atomic E-state index is 13.9. The molecule has 2 rings (SSSR count). The van der Waals surface area contributed by atoms with E-state index in [0.29, 0.717) is 19.3 Å². The lowest BCUT2D eigenvalue weighted by Gasteiger charge is -2.45. The van der Waals surface area contributed by atoms with Crippen molar-refractivity contribution < 1.29 is 29.5 Å². The van der Waals surface area contributed by atoms with Gasteiger partial charge in [0.05, 0.1) is 24.0 Å². The molecule has 0 fully saturated rings. The molecule has 8 heteroatoms. The summed E-state index contributed by atoms with van der Waals surface area (Å²) >= 11 is 0. The number of aliphatic hydroxyl groups excluding tert-OH is 2. The number of hydrogen-bond acceptors (Lipinski definition) is 7. The summed E-state index contributed by atoms with van der Waals surface area (Å²) in [6.45, 7) is 6.03. The molecule has 6 unspecified atom stereocenters. The molecule has 8 nitrogen and oxygen atoms in total. The zero-order valence-electron chi connectivity index (χ0n) is 18.8. The number of cyclic esters (lactones) is 1. The van der Waals surface area contributed by atoms with E-state index in [-0.39, 0.29) is 24.0 Å². The monoisotopic (exact) mass is 437 g/mol. The fraction of sp³-hybridized carbons (Fsp3) is 0.739. The maximum absolute atomic E-state index is 13.9. The van der Waals surface area contributed by atoms with Crippen LogP contribution in [-0.4, -0.2) is 52.2 Å². The second kappa shape index (κ2) is 10.5. The minimum atomic E-state index is -0.909. The van der Waals surface area contributed by atoms with Crippen LogP contribution in [0, 0.1) is 39.2 Å². The number of Topliss-reactive ketones (excluding diaryl/α,β-unsaturated/α-hetero) is 1. The topological polar surface area (TPSA) is 127 Å². The second-order valence-electron chi connectivity index (χ2n) is 9.10. The SMILES string of the molecule is C/C1=C\C(C)C(C(C)O)OC(=O)CCC2C=CCCC12C(=O)C(C)[C@H](CO)C[N+](=O)[O-]. The molecule has 0 saturated carbocycles. The second-order valence-corrected chi connectivity index (χ2v) is 9.10. The number of carbonyl (C=O) groups is 2. The Hall–Kier alpha value is -2.06. The summed E-state index contributed by atoms with van der Waals surface area (Å²) in [5, 5.41) is 30.9. The van der Waals surface area contributed by atoms with Gasteiger partial charge in [-0.1, -0.05) is 37.6 Å². The smallest absolute Gasteiger partial charge is 0.306 e. The third-order valence-electron chi connectivity index (χ3n) is 7.02. The number of fused-ring (bicyclic) bond motifs is 1. The molecule has 2 N–H and O–H groups in total. The lowest BCUT2D eigenvalue weighted by atomic mass is 9.58. The lowest BCUT2D eigenvalue weighted by molar-refractivity contribution is -0.490. The number of aliphatic hydroxyl groups is 2. The Kier molecular flexibility index (Phi) is 8.54. The average Bonchev–Trinajstić information content (AvgIpc) is 2.72. The van der Waals surface area contributed by atoms with Crippen LogP contribution in [0.2, 0.25) is 0 Å². The minimum Gasteiger partial charge on any atom is -0.459 e. The van der Waals surface area contributed by atoms with Gasteiger partial charge in [0, 0.05) is 23.2 Å². The van der Waals surface area contributed by atoms with Crippen molar-refractivity contribution in [3.05, 3.63) is 33.9 Å². The number of rotatable bonds is 7. The van der Waals surface area contributed by atoms with E-state index >= 15 is 0 Å². The molecule has 31 heavy (non-hydrogen) atoms. The van der Waals surface area contributed by atoms with E-state index in [0.717, 1.165) is 5.57 Å². The van der Waals surface area contributed by atoms with Gasteiger partial charge in [-0.3, -0.25) is 19.7 Å². The normalized spacial score (nSPS) is 33.8. The van der Waals surface area contributed by atoms with Crippen LogP contribution in [0.4, 0.5) is 0 Å². The highest BCUT2D eigenvalue weighted by Gasteiger charge is 2.50.